The van der Waals surface area contributed by atoms with Gasteiger partial charge in [-0.15, -0.1) is 0 Å². The van der Waals surface area contributed by atoms with E-state index in [0.29, 0.717) is 16.3 Å². The van der Waals surface area contributed by atoms with Gasteiger partial charge in [0.1, 0.15) is 16.1 Å². The van der Waals surface area contributed by atoms with Crippen LogP contribution in [0.15, 0.2) is 0 Å². The molecular weight excluding hydrogens is 295 g/mol. The van der Waals surface area contributed by atoms with Gasteiger partial charge in [-0.2, -0.15) is 0 Å². The van der Waals surface area contributed by atoms with Crippen LogP contribution in [0.4, 0.5) is 0 Å². The van der Waals surface area contributed by atoms with Crippen LogP contribution >= 0.6 is 23.2 Å². The monoisotopic (exact) mass is 316 g/mol. The summed E-state index contributed by atoms with van der Waals surface area (Å²) in [5, 5.41) is 1.02. The van der Waals surface area contributed by atoms with Gasteiger partial charge in [0.15, 0.2) is 0 Å². The third kappa shape index (κ3) is 3.82. The Morgan fingerprint density at radius 2 is 1.80 bits per heavy atom. The van der Waals surface area contributed by atoms with E-state index in [1.54, 1.807) is 0 Å². The van der Waals surface area contributed by atoms with Gasteiger partial charge in [-0.3, -0.25) is 0 Å². The molecule has 1 aliphatic rings. The Bertz CT molecular complexity index is 443. The molecule has 1 unspecified atom stereocenters. The highest BCUT2D eigenvalue weighted by Gasteiger charge is 2.24. The Morgan fingerprint density at radius 3 is 2.40 bits per heavy atom. The highest BCUT2D eigenvalue weighted by molar-refractivity contribution is 6.34. The number of aromatic nitrogens is 2. The summed E-state index contributed by atoms with van der Waals surface area (Å²) in [6.45, 7) is 5.28. The average Bonchev–Trinajstić information content (AvgIpc) is 2.38. The number of likely N-dealkylation sites (N-methyl/N-ethyl adjacent to an activating group) is 2. The largest absolute Gasteiger partial charge is 0.304 e. The van der Waals surface area contributed by atoms with E-state index in [-0.39, 0.29) is 0 Å². The fourth-order valence-corrected chi connectivity index (χ4v) is 3.16. The van der Waals surface area contributed by atoms with Gasteiger partial charge in [0, 0.05) is 37.7 Å². The van der Waals surface area contributed by atoms with Gasteiger partial charge >= 0.3 is 0 Å². The predicted octanol–water partition coefficient (Wildman–Crippen LogP) is 2.52. The number of nitrogens with zero attached hydrogens (tertiary/aromatic N) is 4. The van der Waals surface area contributed by atoms with Gasteiger partial charge in [-0.05, 0) is 20.5 Å². The molecule has 0 amide bonds. The highest BCUT2D eigenvalue weighted by Crippen LogP contribution is 2.23. The Morgan fingerprint density at radius 1 is 1.15 bits per heavy atom. The molecule has 0 radical (unpaired) electrons. The third-order valence-electron chi connectivity index (χ3n) is 3.85. The summed E-state index contributed by atoms with van der Waals surface area (Å²) in [4.78, 5) is 13.5. The molecule has 1 aromatic heterocycles. The molecule has 0 aliphatic carbocycles. The lowest BCUT2D eigenvalue weighted by Crippen LogP contribution is -2.51. The summed E-state index contributed by atoms with van der Waals surface area (Å²) in [7, 11) is 4.29. The molecule has 2 rings (SSSR count). The molecule has 1 saturated heterocycles. The van der Waals surface area contributed by atoms with Crippen LogP contribution < -0.4 is 0 Å². The molecule has 4 nitrogen and oxygen atoms in total. The number of piperazine rings is 1. The van der Waals surface area contributed by atoms with Crippen molar-refractivity contribution >= 4 is 23.2 Å². The number of hydrogen-bond donors (Lipinski definition) is 0. The number of hydrogen-bond acceptors (Lipinski definition) is 4. The molecular formula is C14H22Cl2N4. The molecule has 2 heterocycles. The Labute approximate surface area is 131 Å². The van der Waals surface area contributed by atoms with Gasteiger partial charge < -0.3 is 9.80 Å². The van der Waals surface area contributed by atoms with Crippen molar-refractivity contribution in [3.8, 4) is 0 Å². The molecule has 1 aromatic rings. The quantitative estimate of drug-likeness (QED) is 0.799. The lowest BCUT2D eigenvalue weighted by molar-refractivity contribution is 0.113. The van der Waals surface area contributed by atoms with E-state index < -0.39 is 0 Å². The van der Waals surface area contributed by atoms with E-state index in [1.165, 1.54) is 0 Å². The van der Waals surface area contributed by atoms with Crippen LogP contribution in [0, 0.1) is 0 Å². The molecule has 0 saturated carbocycles. The topological polar surface area (TPSA) is 32.3 Å². The first kappa shape index (κ1) is 16.0. The second-order valence-corrected chi connectivity index (χ2v) is 6.27. The molecule has 1 aliphatic heterocycles. The van der Waals surface area contributed by atoms with E-state index >= 15 is 0 Å². The summed E-state index contributed by atoms with van der Waals surface area (Å²) in [5.74, 6) is 0.743. The summed E-state index contributed by atoms with van der Waals surface area (Å²) in [6, 6.07) is 0.415. The van der Waals surface area contributed by atoms with E-state index in [9.17, 15) is 0 Å². The maximum absolute atomic E-state index is 6.24. The molecule has 0 N–H and O–H groups in total. The second kappa shape index (κ2) is 7.03. The molecule has 20 heavy (non-hydrogen) atoms. The molecule has 1 fully saturated rings. The zero-order valence-electron chi connectivity index (χ0n) is 12.4. The first-order valence-corrected chi connectivity index (χ1v) is 7.86. The Kier molecular flexibility index (Phi) is 5.61. The Balaban J connectivity index is 2.13. The fraction of sp³-hybridized carbons (Fsp3) is 0.714. The number of rotatable bonds is 4. The molecule has 112 valence electrons. The summed E-state index contributed by atoms with van der Waals surface area (Å²) >= 11 is 12.5. The lowest BCUT2D eigenvalue weighted by atomic mass is 10.1. The van der Waals surface area contributed by atoms with Crippen molar-refractivity contribution in [1.82, 2.24) is 19.8 Å². The van der Waals surface area contributed by atoms with E-state index in [0.717, 1.165) is 50.3 Å². The van der Waals surface area contributed by atoms with E-state index in [2.05, 4.69) is 40.8 Å². The molecule has 1 atom stereocenters. The minimum atomic E-state index is 0.415. The summed E-state index contributed by atoms with van der Waals surface area (Å²) in [6.07, 6.45) is 2.59. The standard InChI is InChI=1S/C14H22Cl2N4/c1-4-5-11-13(15)17-12(18-14(11)16)8-10-9-19(2)6-7-20(10)3/h10H,4-9H2,1-3H3. The zero-order valence-corrected chi connectivity index (χ0v) is 13.9. The van der Waals surface area contributed by atoms with Crippen molar-refractivity contribution in [2.24, 2.45) is 0 Å². The van der Waals surface area contributed by atoms with E-state index in [1.807, 2.05) is 0 Å². The van der Waals surface area contributed by atoms with Gasteiger partial charge in [0.25, 0.3) is 0 Å². The summed E-state index contributed by atoms with van der Waals surface area (Å²) in [5.41, 5.74) is 0.869. The van der Waals surface area contributed by atoms with Crippen LogP contribution in [-0.4, -0.2) is 59.5 Å². The van der Waals surface area contributed by atoms with Crippen molar-refractivity contribution in [3.63, 3.8) is 0 Å². The predicted molar refractivity (Wildman–Crippen MR) is 83.7 cm³/mol. The average molecular weight is 317 g/mol. The van der Waals surface area contributed by atoms with Crippen LogP contribution in [-0.2, 0) is 12.8 Å². The van der Waals surface area contributed by atoms with Crippen molar-refractivity contribution < 1.29 is 0 Å². The SMILES string of the molecule is CCCc1c(Cl)nc(CC2CN(C)CCN2C)nc1Cl. The Hall–Kier alpha value is -0.420. The minimum absolute atomic E-state index is 0.415. The van der Waals surface area contributed by atoms with Gasteiger partial charge in [-0.1, -0.05) is 36.5 Å². The molecule has 0 spiro atoms. The van der Waals surface area contributed by atoms with Crippen molar-refractivity contribution in [1.29, 1.82) is 0 Å². The number of halogens is 2. The van der Waals surface area contributed by atoms with Crippen LogP contribution in [0.1, 0.15) is 24.7 Å². The third-order valence-corrected chi connectivity index (χ3v) is 4.48. The fourth-order valence-electron chi connectivity index (χ4n) is 2.55. The molecule has 0 aromatic carbocycles. The van der Waals surface area contributed by atoms with Crippen LogP contribution in [0.2, 0.25) is 10.3 Å². The van der Waals surface area contributed by atoms with E-state index in [4.69, 9.17) is 23.2 Å². The van der Waals surface area contributed by atoms with Gasteiger partial charge in [0.2, 0.25) is 0 Å². The van der Waals surface area contributed by atoms with Crippen LogP contribution in [0.25, 0.3) is 0 Å². The highest BCUT2D eigenvalue weighted by atomic mass is 35.5. The minimum Gasteiger partial charge on any atom is -0.304 e. The first-order chi connectivity index (χ1) is 9.51. The van der Waals surface area contributed by atoms with Crippen LogP contribution in [0.3, 0.4) is 0 Å². The second-order valence-electron chi connectivity index (χ2n) is 5.55. The smallest absolute Gasteiger partial charge is 0.137 e. The zero-order chi connectivity index (χ0) is 14.7. The van der Waals surface area contributed by atoms with Crippen LogP contribution in [0.5, 0.6) is 0 Å². The van der Waals surface area contributed by atoms with Crippen molar-refractivity contribution in [2.45, 2.75) is 32.2 Å². The first-order valence-electron chi connectivity index (χ1n) is 7.10. The normalized spacial score (nSPS) is 21.4. The molecule has 0 bridgehead atoms. The molecule has 6 heteroatoms. The maximum Gasteiger partial charge on any atom is 0.137 e. The maximum atomic E-state index is 6.24. The summed E-state index contributed by atoms with van der Waals surface area (Å²) < 4.78 is 0. The lowest BCUT2D eigenvalue weighted by Gasteiger charge is -2.37. The van der Waals surface area contributed by atoms with Crippen molar-refractivity contribution in [3.05, 3.63) is 21.7 Å². The van der Waals surface area contributed by atoms with Gasteiger partial charge in [-0.25, -0.2) is 9.97 Å². The van der Waals surface area contributed by atoms with Gasteiger partial charge in [0.05, 0.1) is 0 Å². The van der Waals surface area contributed by atoms with Crippen molar-refractivity contribution in [2.75, 3.05) is 33.7 Å².